The minimum absolute atomic E-state index is 0.0405. The van der Waals surface area contributed by atoms with Gasteiger partial charge in [-0.25, -0.2) is 4.39 Å². The molecule has 2 heterocycles. The molecule has 26 heavy (non-hydrogen) atoms. The van der Waals surface area contributed by atoms with Gasteiger partial charge in [0.1, 0.15) is 5.82 Å². The largest absolute Gasteiger partial charge is 0.338 e. The average Bonchev–Trinajstić information content (AvgIpc) is 2.67. The van der Waals surface area contributed by atoms with Crippen molar-refractivity contribution >= 4 is 28.3 Å². The predicted molar refractivity (Wildman–Crippen MR) is 101 cm³/mol. The predicted octanol–water partition coefficient (Wildman–Crippen LogP) is 5.05. The van der Waals surface area contributed by atoms with Crippen molar-refractivity contribution in [2.75, 3.05) is 13.1 Å². The molecule has 1 aromatic heterocycles. The topological polar surface area (TPSA) is 33.2 Å². The Labute approximate surface area is 156 Å². The first-order valence-corrected chi connectivity index (χ1v) is 9.09. The Morgan fingerprint density at radius 1 is 1.15 bits per heavy atom. The molecule has 5 heteroatoms. The van der Waals surface area contributed by atoms with Crippen molar-refractivity contribution in [1.82, 2.24) is 9.88 Å². The van der Waals surface area contributed by atoms with Crippen LogP contribution in [0.25, 0.3) is 10.8 Å². The van der Waals surface area contributed by atoms with Crippen LogP contribution in [-0.4, -0.2) is 28.9 Å². The fraction of sp³-hybridized carbons (Fsp3) is 0.238. The molecule has 1 atom stereocenters. The summed E-state index contributed by atoms with van der Waals surface area (Å²) < 4.78 is 14.1. The van der Waals surface area contributed by atoms with Gasteiger partial charge in [0.25, 0.3) is 5.91 Å². The highest BCUT2D eigenvalue weighted by Crippen LogP contribution is 2.30. The van der Waals surface area contributed by atoms with Gasteiger partial charge in [-0.15, -0.1) is 0 Å². The van der Waals surface area contributed by atoms with Crippen molar-refractivity contribution in [2.45, 2.75) is 18.8 Å². The molecule has 2 aromatic carbocycles. The second kappa shape index (κ2) is 7.04. The number of aromatic nitrogens is 1. The summed E-state index contributed by atoms with van der Waals surface area (Å²) in [4.78, 5) is 19.1. The van der Waals surface area contributed by atoms with E-state index in [2.05, 4.69) is 17.1 Å². The van der Waals surface area contributed by atoms with Crippen LogP contribution in [0.15, 0.2) is 54.7 Å². The summed E-state index contributed by atoms with van der Waals surface area (Å²) in [5.41, 5.74) is 0.933. The highest BCUT2D eigenvalue weighted by molar-refractivity contribution is 6.33. The lowest BCUT2D eigenvalue weighted by Crippen LogP contribution is -2.39. The van der Waals surface area contributed by atoms with E-state index in [1.165, 1.54) is 12.1 Å². The van der Waals surface area contributed by atoms with E-state index in [0.29, 0.717) is 13.1 Å². The van der Waals surface area contributed by atoms with Crippen LogP contribution >= 0.6 is 11.6 Å². The summed E-state index contributed by atoms with van der Waals surface area (Å²) in [6, 6.07) is 14.5. The Morgan fingerprint density at radius 3 is 2.77 bits per heavy atom. The number of carbonyl (C=O) groups is 1. The first-order valence-electron chi connectivity index (χ1n) is 8.71. The number of halogens is 2. The van der Waals surface area contributed by atoms with E-state index in [4.69, 9.17) is 11.6 Å². The zero-order valence-corrected chi connectivity index (χ0v) is 14.9. The monoisotopic (exact) mass is 368 g/mol. The maximum atomic E-state index is 14.1. The number of amides is 1. The van der Waals surface area contributed by atoms with Crippen LogP contribution in [-0.2, 0) is 0 Å². The molecule has 0 aliphatic carbocycles. The van der Waals surface area contributed by atoms with E-state index >= 15 is 0 Å². The highest BCUT2D eigenvalue weighted by Gasteiger charge is 2.28. The summed E-state index contributed by atoms with van der Waals surface area (Å²) >= 11 is 6.06. The Balaban J connectivity index is 1.59. The molecule has 1 aliphatic heterocycles. The number of nitrogens with zero attached hydrogens (tertiary/aromatic N) is 2. The Kier molecular flexibility index (Phi) is 4.60. The second-order valence-electron chi connectivity index (χ2n) is 6.64. The number of hydrogen-bond acceptors (Lipinski definition) is 2. The van der Waals surface area contributed by atoms with Crippen LogP contribution in [0.3, 0.4) is 0 Å². The molecule has 0 bridgehead atoms. The van der Waals surface area contributed by atoms with Gasteiger partial charge >= 0.3 is 0 Å². The first-order chi connectivity index (χ1) is 12.6. The van der Waals surface area contributed by atoms with Gasteiger partial charge in [0.05, 0.1) is 10.6 Å². The second-order valence-corrected chi connectivity index (χ2v) is 7.05. The van der Waals surface area contributed by atoms with E-state index in [0.717, 1.165) is 29.3 Å². The number of carbonyl (C=O) groups excluding carboxylic acids is 1. The highest BCUT2D eigenvalue weighted by atomic mass is 35.5. The van der Waals surface area contributed by atoms with E-state index in [1.807, 2.05) is 24.4 Å². The third-order valence-corrected chi connectivity index (χ3v) is 5.27. The van der Waals surface area contributed by atoms with Crippen LogP contribution in [0.5, 0.6) is 0 Å². The summed E-state index contributed by atoms with van der Waals surface area (Å²) in [6.07, 6.45) is 3.69. The van der Waals surface area contributed by atoms with E-state index < -0.39 is 5.82 Å². The Hall–Kier alpha value is -2.46. The maximum Gasteiger partial charge on any atom is 0.258 e. The van der Waals surface area contributed by atoms with Crippen molar-refractivity contribution in [2.24, 2.45) is 0 Å². The minimum Gasteiger partial charge on any atom is -0.338 e. The van der Waals surface area contributed by atoms with Crippen molar-refractivity contribution in [3.63, 3.8) is 0 Å². The molecule has 1 aliphatic rings. The third kappa shape index (κ3) is 3.17. The van der Waals surface area contributed by atoms with Gasteiger partial charge in [-0.1, -0.05) is 41.9 Å². The van der Waals surface area contributed by atoms with E-state index in [1.54, 1.807) is 11.0 Å². The molecular weight excluding hydrogens is 351 g/mol. The zero-order valence-electron chi connectivity index (χ0n) is 14.2. The van der Waals surface area contributed by atoms with Crippen LogP contribution < -0.4 is 0 Å². The summed E-state index contributed by atoms with van der Waals surface area (Å²) in [6.45, 7) is 1.13. The normalized spacial score (nSPS) is 17.5. The van der Waals surface area contributed by atoms with Gasteiger partial charge in [-0.2, -0.15) is 0 Å². The number of rotatable bonds is 2. The Morgan fingerprint density at radius 2 is 1.96 bits per heavy atom. The molecule has 1 amide bonds. The molecule has 0 saturated carbocycles. The number of hydrogen-bond donors (Lipinski definition) is 0. The number of benzene rings is 2. The molecule has 0 N–H and O–H groups in total. The molecule has 0 radical (unpaired) electrons. The summed E-state index contributed by atoms with van der Waals surface area (Å²) in [7, 11) is 0. The van der Waals surface area contributed by atoms with Crippen LogP contribution in [0.4, 0.5) is 4.39 Å². The average molecular weight is 369 g/mol. The molecule has 3 aromatic rings. The molecule has 1 fully saturated rings. The van der Waals surface area contributed by atoms with Gasteiger partial charge in [0, 0.05) is 36.3 Å². The lowest BCUT2D eigenvalue weighted by atomic mass is 9.93. The SMILES string of the molecule is O=C(c1c(F)cccc1Cl)N1CCC[C@@H](c2cc3ccccc3cn2)C1. The van der Waals surface area contributed by atoms with Crippen molar-refractivity contribution in [3.8, 4) is 0 Å². The first kappa shape index (κ1) is 17.0. The molecule has 132 valence electrons. The molecule has 4 rings (SSSR count). The number of pyridine rings is 1. The van der Waals surface area contributed by atoms with Crippen molar-refractivity contribution in [1.29, 1.82) is 0 Å². The van der Waals surface area contributed by atoms with Crippen LogP contribution in [0, 0.1) is 5.82 Å². The van der Waals surface area contributed by atoms with Gasteiger partial charge in [0.2, 0.25) is 0 Å². The molecule has 0 unspecified atom stereocenters. The maximum absolute atomic E-state index is 14.1. The Bertz CT molecular complexity index is 955. The lowest BCUT2D eigenvalue weighted by molar-refractivity contribution is 0.0701. The molecule has 3 nitrogen and oxygen atoms in total. The molecule has 1 saturated heterocycles. The van der Waals surface area contributed by atoms with Crippen molar-refractivity contribution < 1.29 is 9.18 Å². The van der Waals surface area contributed by atoms with Crippen LogP contribution in [0.1, 0.15) is 34.8 Å². The molecular formula is C21H18ClFN2O. The minimum atomic E-state index is -0.576. The van der Waals surface area contributed by atoms with Gasteiger partial charge in [0.15, 0.2) is 0 Å². The van der Waals surface area contributed by atoms with Crippen molar-refractivity contribution in [3.05, 3.63) is 76.8 Å². The lowest BCUT2D eigenvalue weighted by Gasteiger charge is -2.33. The van der Waals surface area contributed by atoms with Crippen LogP contribution in [0.2, 0.25) is 5.02 Å². The zero-order chi connectivity index (χ0) is 18.1. The summed E-state index contributed by atoms with van der Waals surface area (Å²) in [5, 5.41) is 2.39. The molecule has 0 spiro atoms. The number of likely N-dealkylation sites (tertiary alicyclic amines) is 1. The van der Waals surface area contributed by atoms with E-state index in [-0.39, 0.29) is 22.4 Å². The fourth-order valence-electron chi connectivity index (χ4n) is 3.59. The standard InChI is InChI=1S/C21H18ClFN2O/c22-17-8-3-9-18(23)20(17)21(26)25-10-4-7-16(13-25)19-11-14-5-1-2-6-15(14)12-24-19/h1-3,5-6,8-9,11-12,16H,4,7,10,13H2/t16-/m1/s1. The third-order valence-electron chi connectivity index (χ3n) is 4.96. The fourth-order valence-corrected chi connectivity index (χ4v) is 3.83. The summed E-state index contributed by atoms with van der Waals surface area (Å²) in [5.74, 6) is -0.783. The number of piperidine rings is 1. The smallest absolute Gasteiger partial charge is 0.258 e. The number of fused-ring (bicyclic) bond motifs is 1. The van der Waals surface area contributed by atoms with Gasteiger partial charge in [-0.3, -0.25) is 9.78 Å². The van der Waals surface area contributed by atoms with Gasteiger partial charge in [-0.05, 0) is 36.4 Å². The van der Waals surface area contributed by atoms with E-state index in [9.17, 15) is 9.18 Å². The van der Waals surface area contributed by atoms with Gasteiger partial charge < -0.3 is 4.90 Å². The quantitative estimate of drug-likeness (QED) is 0.634.